The van der Waals surface area contributed by atoms with E-state index in [1.165, 1.54) is 38.5 Å². The summed E-state index contributed by atoms with van der Waals surface area (Å²) in [5, 5.41) is 4.19. The van der Waals surface area contributed by atoms with Crippen LogP contribution in [0, 0.1) is 5.92 Å². The monoisotopic (exact) mass is 424 g/mol. The Kier molecular flexibility index (Phi) is 7.31. The van der Waals surface area contributed by atoms with Crippen molar-refractivity contribution in [1.82, 2.24) is 10.1 Å². The molecule has 0 unspecified atom stereocenters. The van der Waals surface area contributed by atoms with E-state index in [1.807, 2.05) is 30.3 Å². The van der Waals surface area contributed by atoms with E-state index in [0.29, 0.717) is 36.1 Å². The van der Waals surface area contributed by atoms with Crippen LogP contribution in [0.3, 0.4) is 0 Å². The number of hydrogen-bond acceptors (Lipinski definition) is 4. The molecule has 1 amide bonds. The summed E-state index contributed by atoms with van der Waals surface area (Å²) in [4.78, 5) is 15.8. The summed E-state index contributed by atoms with van der Waals surface area (Å²) < 4.78 is 11.4. The number of benzene rings is 1. The number of ether oxygens (including phenoxy) is 1. The first-order chi connectivity index (χ1) is 15.1. The van der Waals surface area contributed by atoms with Gasteiger partial charge in [-0.05, 0) is 55.9 Å². The van der Waals surface area contributed by atoms with E-state index in [9.17, 15) is 4.79 Å². The Hall–Kier alpha value is -2.30. The molecule has 5 heteroatoms. The summed E-state index contributed by atoms with van der Waals surface area (Å²) in [6.07, 6.45) is 11.9. The van der Waals surface area contributed by atoms with Crippen molar-refractivity contribution in [2.24, 2.45) is 5.92 Å². The summed E-state index contributed by atoms with van der Waals surface area (Å²) >= 11 is 0. The van der Waals surface area contributed by atoms with Crippen molar-refractivity contribution in [3.05, 3.63) is 36.0 Å². The maximum atomic E-state index is 13.6. The number of rotatable bonds is 7. The molecule has 2 saturated carbocycles. The largest absolute Gasteiger partial charge is 0.493 e. The Morgan fingerprint density at radius 2 is 1.58 bits per heavy atom. The maximum absolute atomic E-state index is 13.6. The minimum absolute atomic E-state index is 0.0469. The van der Waals surface area contributed by atoms with Gasteiger partial charge in [-0.3, -0.25) is 4.79 Å². The third-order valence-corrected chi connectivity index (χ3v) is 6.62. The molecule has 31 heavy (non-hydrogen) atoms. The standard InChI is InChI=1S/C26H36N2O3/c1-19(2)18-30-23-15-13-20(14-16-23)25-17-24(27-31-25)26(29)28(21-9-5-3-6-10-21)22-11-7-4-8-12-22/h13-17,19,21-22H,3-12,18H2,1-2H3. The molecule has 168 valence electrons. The highest BCUT2D eigenvalue weighted by atomic mass is 16.5. The number of aromatic nitrogens is 1. The van der Waals surface area contributed by atoms with Gasteiger partial charge >= 0.3 is 0 Å². The molecule has 5 nitrogen and oxygen atoms in total. The molecule has 0 saturated heterocycles. The molecule has 0 bridgehead atoms. The van der Waals surface area contributed by atoms with Crippen LogP contribution in [0.25, 0.3) is 11.3 Å². The Bertz CT molecular complexity index is 813. The van der Waals surface area contributed by atoms with Gasteiger partial charge in [0.25, 0.3) is 5.91 Å². The first-order valence-corrected chi connectivity index (χ1v) is 12.1. The van der Waals surface area contributed by atoms with Crippen LogP contribution >= 0.6 is 0 Å². The molecule has 2 fully saturated rings. The van der Waals surface area contributed by atoms with E-state index in [4.69, 9.17) is 9.26 Å². The first kappa shape index (κ1) is 21.9. The fourth-order valence-electron chi connectivity index (χ4n) is 4.97. The normalized spacial score (nSPS) is 18.3. The molecule has 2 aliphatic carbocycles. The van der Waals surface area contributed by atoms with Crippen molar-refractivity contribution < 1.29 is 14.1 Å². The quantitative estimate of drug-likeness (QED) is 0.510. The lowest BCUT2D eigenvalue weighted by Gasteiger charge is -2.41. The SMILES string of the molecule is CC(C)COc1ccc(-c2cc(C(=O)N(C3CCCCC3)C3CCCCC3)no2)cc1. The molecular weight excluding hydrogens is 388 g/mol. The topological polar surface area (TPSA) is 55.6 Å². The molecule has 0 aliphatic heterocycles. The summed E-state index contributed by atoms with van der Waals surface area (Å²) in [6, 6.07) is 10.3. The van der Waals surface area contributed by atoms with Crippen molar-refractivity contribution >= 4 is 5.91 Å². The van der Waals surface area contributed by atoms with Crippen molar-refractivity contribution in [1.29, 1.82) is 0 Å². The van der Waals surface area contributed by atoms with E-state index >= 15 is 0 Å². The predicted molar refractivity (Wildman–Crippen MR) is 122 cm³/mol. The average Bonchev–Trinajstić information content (AvgIpc) is 3.30. The molecule has 2 aliphatic rings. The molecule has 0 spiro atoms. The lowest BCUT2D eigenvalue weighted by molar-refractivity contribution is 0.0438. The summed E-state index contributed by atoms with van der Waals surface area (Å²) in [6.45, 7) is 4.95. The van der Waals surface area contributed by atoms with Gasteiger partial charge in [-0.25, -0.2) is 0 Å². The Labute approximate surface area is 186 Å². The molecule has 1 aromatic heterocycles. The second-order valence-electron chi connectivity index (χ2n) is 9.60. The highest BCUT2D eigenvalue weighted by molar-refractivity contribution is 5.93. The maximum Gasteiger partial charge on any atom is 0.276 e. The highest BCUT2D eigenvalue weighted by Gasteiger charge is 2.34. The van der Waals surface area contributed by atoms with Crippen LogP contribution < -0.4 is 4.74 Å². The Morgan fingerprint density at radius 3 is 2.13 bits per heavy atom. The van der Waals surface area contributed by atoms with Gasteiger partial charge in [0, 0.05) is 23.7 Å². The van der Waals surface area contributed by atoms with Gasteiger partial charge in [-0.1, -0.05) is 57.5 Å². The molecule has 0 N–H and O–H groups in total. The zero-order valence-electron chi connectivity index (χ0n) is 19.0. The van der Waals surface area contributed by atoms with Crippen LogP contribution in [-0.4, -0.2) is 34.7 Å². The molecule has 0 atom stereocenters. The van der Waals surface area contributed by atoms with Gasteiger partial charge < -0.3 is 14.2 Å². The van der Waals surface area contributed by atoms with Crippen molar-refractivity contribution in [3.63, 3.8) is 0 Å². The number of carbonyl (C=O) groups excluding carboxylic acids is 1. The summed E-state index contributed by atoms with van der Waals surface area (Å²) in [5.74, 6) is 2.00. The second kappa shape index (κ2) is 10.3. The summed E-state index contributed by atoms with van der Waals surface area (Å²) in [5.41, 5.74) is 1.34. The van der Waals surface area contributed by atoms with Crippen LogP contribution in [0.5, 0.6) is 5.75 Å². The lowest BCUT2D eigenvalue weighted by atomic mass is 9.88. The molecule has 1 heterocycles. The van der Waals surface area contributed by atoms with Gasteiger partial charge in [0.15, 0.2) is 11.5 Å². The van der Waals surface area contributed by atoms with Crippen LogP contribution in [0.1, 0.15) is 88.5 Å². The minimum atomic E-state index is 0.0469. The lowest BCUT2D eigenvalue weighted by Crippen LogP contribution is -2.48. The third-order valence-electron chi connectivity index (χ3n) is 6.62. The zero-order chi connectivity index (χ0) is 21.6. The molecule has 4 rings (SSSR count). The highest BCUT2D eigenvalue weighted by Crippen LogP contribution is 2.32. The van der Waals surface area contributed by atoms with E-state index in [1.54, 1.807) is 0 Å². The zero-order valence-corrected chi connectivity index (χ0v) is 19.0. The van der Waals surface area contributed by atoms with Gasteiger partial charge in [0.1, 0.15) is 5.75 Å². The minimum Gasteiger partial charge on any atom is -0.493 e. The van der Waals surface area contributed by atoms with Crippen molar-refractivity contribution in [2.45, 2.75) is 90.1 Å². The van der Waals surface area contributed by atoms with Gasteiger partial charge in [0.05, 0.1) is 6.61 Å². The smallest absolute Gasteiger partial charge is 0.276 e. The van der Waals surface area contributed by atoms with Crippen LogP contribution in [0.15, 0.2) is 34.9 Å². The van der Waals surface area contributed by atoms with Gasteiger partial charge in [-0.15, -0.1) is 0 Å². The Morgan fingerprint density at radius 1 is 1.00 bits per heavy atom. The number of carbonyl (C=O) groups is 1. The molecular formula is C26H36N2O3. The van der Waals surface area contributed by atoms with E-state index < -0.39 is 0 Å². The van der Waals surface area contributed by atoms with E-state index in [2.05, 4.69) is 23.9 Å². The van der Waals surface area contributed by atoms with Gasteiger partial charge in [0.2, 0.25) is 0 Å². The second-order valence-corrected chi connectivity index (χ2v) is 9.60. The number of nitrogens with zero attached hydrogens (tertiary/aromatic N) is 2. The first-order valence-electron chi connectivity index (χ1n) is 12.1. The fourth-order valence-corrected chi connectivity index (χ4v) is 4.97. The van der Waals surface area contributed by atoms with Crippen molar-refractivity contribution in [3.8, 4) is 17.1 Å². The van der Waals surface area contributed by atoms with E-state index in [0.717, 1.165) is 37.0 Å². The molecule has 1 aromatic carbocycles. The van der Waals surface area contributed by atoms with E-state index in [-0.39, 0.29) is 5.91 Å². The van der Waals surface area contributed by atoms with Crippen molar-refractivity contribution in [2.75, 3.05) is 6.61 Å². The molecule has 2 aromatic rings. The van der Waals surface area contributed by atoms with Crippen LogP contribution in [-0.2, 0) is 0 Å². The molecule has 0 radical (unpaired) electrons. The van der Waals surface area contributed by atoms with Crippen LogP contribution in [0.4, 0.5) is 0 Å². The Balaban J connectivity index is 1.49. The van der Waals surface area contributed by atoms with Crippen LogP contribution in [0.2, 0.25) is 0 Å². The fraction of sp³-hybridized carbons (Fsp3) is 0.615. The predicted octanol–water partition coefficient (Wildman–Crippen LogP) is 6.48. The number of amides is 1. The van der Waals surface area contributed by atoms with Gasteiger partial charge in [-0.2, -0.15) is 0 Å². The summed E-state index contributed by atoms with van der Waals surface area (Å²) in [7, 11) is 0. The average molecular weight is 425 g/mol. The third kappa shape index (κ3) is 5.50. The number of hydrogen-bond donors (Lipinski definition) is 0.